The number of amides is 1. The van der Waals surface area contributed by atoms with Crippen LogP contribution in [0.3, 0.4) is 0 Å². The summed E-state index contributed by atoms with van der Waals surface area (Å²) in [4.78, 5) is 29.6. The minimum Gasteiger partial charge on any atom is -0.491 e. The van der Waals surface area contributed by atoms with Crippen LogP contribution in [0.4, 0.5) is 4.39 Å². The molecule has 1 aliphatic heterocycles. The number of aryl methyl sites for hydroxylation is 1. The number of nitrogens with one attached hydrogen (secondary N) is 1. The summed E-state index contributed by atoms with van der Waals surface area (Å²) in [6.45, 7) is 2.00. The van der Waals surface area contributed by atoms with Crippen LogP contribution in [0.1, 0.15) is 44.0 Å². The third kappa shape index (κ3) is 3.74. The average molecular weight is 420 g/mol. The van der Waals surface area contributed by atoms with Crippen LogP contribution in [0.2, 0.25) is 0 Å². The number of ether oxygens (including phenoxy) is 2. The van der Waals surface area contributed by atoms with Crippen molar-refractivity contribution in [3.63, 3.8) is 0 Å². The first-order valence-electron chi connectivity index (χ1n) is 9.80. The van der Waals surface area contributed by atoms with Gasteiger partial charge in [0.1, 0.15) is 22.8 Å². The summed E-state index contributed by atoms with van der Waals surface area (Å²) in [5.74, 6) is -0.811. The highest BCUT2D eigenvalue weighted by Crippen LogP contribution is 2.41. The van der Waals surface area contributed by atoms with Gasteiger partial charge in [0.15, 0.2) is 0 Å². The second-order valence-corrected chi connectivity index (χ2v) is 7.34. The van der Waals surface area contributed by atoms with Gasteiger partial charge >= 0.3 is 5.97 Å². The fourth-order valence-electron chi connectivity index (χ4n) is 3.76. The van der Waals surface area contributed by atoms with Crippen LogP contribution in [0.15, 0.2) is 60.8 Å². The molecule has 0 unspecified atom stereocenters. The topological polar surface area (TPSA) is 77.5 Å². The molecule has 0 aliphatic carbocycles. The second kappa shape index (κ2) is 8.18. The van der Waals surface area contributed by atoms with E-state index >= 15 is 0 Å². The minimum absolute atomic E-state index is 0.260. The first-order chi connectivity index (χ1) is 14.9. The van der Waals surface area contributed by atoms with Gasteiger partial charge in [0.05, 0.1) is 19.3 Å². The Morgan fingerprint density at radius 2 is 1.94 bits per heavy atom. The summed E-state index contributed by atoms with van der Waals surface area (Å²) >= 11 is 0. The molecular weight excluding hydrogens is 399 g/mol. The zero-order valence-electron chi connectivity index (χ0n) is 17.1. The van der Waals surface area contributed by atoms with Crippen molar-refractivity contribution < 1.29 is 23.5 Å². The molecule has 0 saturated heterocycles. The van der Waals surface area contributed by atoms with E-state index in [1.165, 1.54) is 19.2 Å². The van der Waals surface area contributed by atoms with Crippen molar-refractivity contribution in [2.75, 3.05) is 13.7 Å². The van der Waals surface area contributed by atoms with E-state index in [9.17, 15) is 14.0 Å². The zero-order valence-corrected chi connectivity index (χ0v) is 17.1. The highest BCUT2D eigenvalue weighted by molar-refractivity contribution is 5.98. The molecule has 0 fully saturated rings. The summed E-state index contributed by atoms with van der Waals surface area (Å²) < 4.78 is 25.0. The van der Waals surface area contributed by atoms with E-state index in [0.717, 1.165) is 0 Å². The van der Waals surface area contributed by atoms with Gasteiger partial charge in [-0.05, 0) is 54.4 Å². The van der Waals surface area contributed by atoms with Gasteiger partial charge in [-0.25, -0.2) is 9.18 Å². The molecule has 0 bridgehead atoms. The van der Waals surface area contributed by atoms with Crippen LogP contribution in [-0.2, 0) is 10.3 Å². The number of hydrogen-bond donors (Lipinski definition) is 1. The number of nitrogens with zero attached hydrogens (tertiary/aromatic N) is 1. The smallest absolute Gasteiger partial charge is 0.337 e. The van der Waals surface area contributed by atoms with Crippen LogP contribution < -0.4 is 10.1 Å². The molecule has 158 valence electrons. The van der Waals surface area contributed by atoms with Crippen molar-refractivity contribution in [3.8, 4) is 5.75 Å². The molecule has 0 spiro atoms. The second-order valence-electron chi connectivity index (χ2n) is 7.34. The lowest BCUT2D eigenvalue weighted by molar-refractivity contribution is 0.0600. The highest BCUT2D eigenvalue weighted by atomic mass is 19.1. The van der Waals surface area contributed by atoms with Crippen LogP contribution in [0, 0.1) is 12.7 Å². The van der Waals surface area contributed by atoms with Crippen LogP contribution in [0.5, 0.6) is 5.75 Å². The maximum atomic E-state index is 14.5. The Kier molecular flexibility index (Phi) is 5.42. The number of hydrogen-bond acceptors (Lipinski definition) is 5. The lowest BCUT2D eigenvalue weighted by Crippen LogP contribution is -2.50. The molecule has 7 heteroatoms. The number of esters is 1. The Hall–Kier alpha value is -3.74. The number of benzene rings is 2. The number of carbonyl (C=O) groups excluding carboxylic acids is 2. The van der Waals surface area contributed by atoms with Crippen LogP contribution in [0.25, 0.3) is 0 Å². The van der Waals surface area contributed by atoms with Gasteiger partial charge in [-0.1, -0.05) is 18.2 Å². The number of pyridine rings is 1. The minimum atomic E-state index is -1.10. The number of carbonyl (C=O) groups is 2. The summed E-state index contributed by atoms with van der Waals surface area (Å²) in [5, 5.41) is 3.05. The summed E-state index contributed by atoms with van der Waals surface area (Å²) in [6, 6.07) is 14.6. The van der Waals surface area contributed by atoms with Gasteiger partial charge in [-0.3, -0.25) is 9.78 Å². The predicted octanol–water partition coefficient (Wildman–Crippen LogP) is 3.77. The van der Waals surface area contributed by atoms with E-state index < -0.39 is 17.4 Å². The van der Waals surface area contributed by atoms with Crippen molar-refractivity contribution >= 4 is 11.9 Å². The van der Waals surface area contributed by atoms with Crippen molar-refractivity contribution in [1.29, 1.82) is 0 Å². The fraction of sp³-hybridized carbons (Fsp3) is 0.208. The normalized spacial score (nSPS) is 17.3. The Bertz CT molecular complexity index is 1160. The molecule has 0 radical (unpaired) electrons. The molecule has 4 rings (SSSR count). The van der Waals surface area contributed by atoms with Crippen molar-refractivity contribution in [1.82, 2.24) is 10.3 Å². The molecule has 1 aliphatic rings. The van der Waals surface area contributed by atoms with Crippen LogP contribution >= 0.6 is 0 Å². The Labute approximate surface area is 179 Å². The van der Waals surface area contributed by atoms with Crippen molar-refractivity contribution in [3.05, 3.63) is 94.6 Å². The Morgan fingerprint density at radius 3 is 2.71 bits per heavy atom. The third-order valence-electron chi connectivity index (χ3n) is 5.45. The molecule has 6 nitrogen and oxygen atoms in total. The van der Waals surface area contributed by atoms with Gasteiger partial charge < -0.3 is 14.8 Å². The predicted molar refractivity (Wildman–Crippen MR) is 112 cm³/mol. The molecule has 1 amide bonds. The van der Waals surface area contributed by atoms with Gasteiger partial charge in [-0.2, -0.15) is 0 Å². The molecular formula is C24H21FN2O4. The lowest BCUT2D eigenvalue weighted by atomic mass is 9.80. The molecule has 0 saturated carbocycles. The standard InChI is InChI=1S/C24H21FN2O4/c1-15-8-9-18(14-19(15)25)24(10-12-31-20-7-4-11-26-21(20)24)27-22(28)16-5-3-6-17(13-16)23(29)30-2/h3-9,11,13-14H,10,12H2,1-2H3,(H,27,28)/t24-/m0/s1. The molecule has 31 heavy (non-hydrogen) atoms. The number of rotatable bonds is 4. The number of methoxy groups -OCH3 is 1. The van der Waals surface area contributed by atoms with Gasteiger partial charge in [0.25, 0.3) is 5.91 Å². The Morgan fingerprint density at radius 1 is 1.13 bits per heavy atom. The first-order valence-corrected chi connectivity index (χ1v) is 9.80. The average Bonchev–Trinajstić information content (AvgIpc) is 2.80. The van der Waals surface area contributed by atoms with E-state index in [1.807, 2.05) is 0 Å². The number of aromatic nitrogens is 1. The third-order valence-corrected chi connectivity index (χ3v) is 5.45. The summed E-state index contributed by atoms with van der Waals surface area (Å²) in [6.07, 6.45) is 1.97. The van der Waals surface area contributed by atoms with E-state index in [1.54, 1.807) is 55.6 Å². The number of halogens is 1. The molecule has 3 aromatic rings. The van der Waals surface area contributed by atoms with Gasteiger partial charge in [-0.15, -0.1) is 0 Å². The monoisotopic (exact) mass is 420 g/mol. The molecule has 2 heterocycles. The highest BCUT2D eigenvalue weighted by Gasteiger charge is 2.42. The maximum Gasteiger partial charge on any atom is 0.337 e. The Balaban J connectivity index is 1.81. The zero-order chi connectivity index (χ0) is 22.0. The van der Waals surface area contributed by atoms with Crippen molar-refractivity contribution in [2.24, 2.45) is 0 Å². The maximum absolute atomic E-state index is 14.5. The largest absolute Gasteiger partial charge is 0.491 e. The van der Waals surface area contributed by atoms with E-state index in [4.69, 9.17) is 9.47 Å². The molecule has 1 atom stereocenters. The summed E-state index contributed by atoms with van der Waals surface area (Å²) in [7, 11) is 1.28. The fourth-order valence-corrected chi connectivity index (χ4v) is 3.76. The van der Waals surface area contributed by atoms with E-state index in [2.05, 4.69) is 10.3 Å². The summed E-state index contributed by atoms with van der Waals surface area (Å²) in [5.41, 5.74) is 1.01. The number of fused-ring (bicyclic) bond motifs is 1. The van der Waals surface area contributed by atoms with E-state index in [-0.39, 0.29) is 16.9 Å². The first kappa shape index (κ1) is 20.5. The van der Waals surface area contributed by atoms with Gasteiger partial charge in [0, 0.05) is 18.2 Å². The molecule has 2 aromatic carbocycles. The molecule has 1 aromatic heterocycles. The molecule has 1 N–H and O–H groups in total. The van der Waals surface area contributed by atoms with Gasteiger partial charge in [0.2, 0.25) is 0 Å². The van der Waals surface area contributed by atoms with E-state index in [0.29, 0.717) is 35.6 Å². The SMILES string of the molecule is COC(=O)c1cccc(C(=O)N[C@]2(c3ccc(C)c(F)c3)CCOc3cccnc32)c1. The lowest BCUT2D eigenvalue weighted by Gasteiger charge is -2.39. The van der Waals surface area contributed by atoms with Crippen LogP contribution in [-0.4, -0.2) is 30.6 Å². The quantitative estimate of drug-likeness (QED) is 0.650. The van der Waals surface area contributed by atoms with Crippen molar-refractivity contribution in [2.45, 2.75) is 18.9 Å².